The van der Waals surface area contributed by atoms with Gasteiger partial charge in [-0.15, -0.1) is 0 Å². The van der Waals surface area contributed by atoms with Gasteiger partial charge in [-0.2, -0.15) is 0 Å². The largest absolute Gasteiger partial charge is 0.497 e. The second kappa shape index (κ2) is 16.1. The van der Waals surface area contributed by atoms with Gasteiger partial charge in [-0.1, -0.05) is 73.9 Å². The van der Waals surface area contributed by atoms with Crippen LogP contribution in [-0.2, 0) is 9.53 Å². The fraction of sp³-hybridized carbons (Fsp3) is 0.111. The van der Waals surface area contributed by atoms with Gasteiger partial charge in [0, 0.05) is 22.3 Å². The maximum Gasteiger partial charge on any atom is 0.193 e. The molecule has 0 aromatic heterocycles. The third-order valence-corrected chi connectivity index (χ3v) is 5.61. The molecule has 5 heteroatoms. The molecule has 0 atom stereocenters. The van der Waals surface area contributed by atoms with Crippen LogP contribution in [0, 0.1) is 6.92 Å². The zero-order valence-corrected chi connectivity index (χ0v) is 24.1. The Bertz CT molecular complexity index is 1450. The molecule has 0 N–H and O–H groups in total. The smallest absolute Gasteiger partial charge is 0.193 e. The Hall–Kier alpha value is -5.16. The molecule has 0 bridgehead atoms. The molecule has 210 valence electrons. The van der Waals surface area contributed by atoms with Gasteiger partial charge in [-0.25, -0.2) is 0 Å². The average molecular weight is 549 g/mol. The highest BCUT2D eigenvalue weighted by molar-refractivity contribution is 6.11. The first-order valence-electron chi connectivity index (χ1n) is 12.7. The van der Waals surface area contributed by atoms with Crippen molar-refractivity contribution in [2.45, 2.75) is 13.8 Å². The summed E-state index contributed by atoms with van der Waals surface area (Å²) in [7, 11) is 3.13. The molecule has 0 aliphatic heterocycles. The molecule has 0 aliphatic carbocycles. The molecule has 0 spiro atoms. The normalized spacial score (nSPS) is 10.3. The number of carbonyl (C=O) groups excluding carboxylic acids is 2. The molecular formula is C36H36O5. The number of benzene rings is 3. The molecule has 0 saturated heterocycles. The fourth-order valence-corrected chi connectivity index (χ4v) is 3.19. The SMILES string of the molecule is C=C(C)/C=C\C(=C)C(=O)C(=C)/C=C\C(=C)OC.COc1ccc(Oc2ccc(C(=O)c3ccc(C)cc3)cc2)cc1. The Labute approximate surface area is 243 Å². The number of hydrogen-bond acceptors (Lipinski definition) is 5. The van der Waals surface area contributed by atoms with E-state index in [4.69, 9.17) is 14.2 Å². The van der Waals surface area contributed by atoms with Crippen LogP contribution in [0.1, 0.15) is 28.4 Å². The van der Waals surface area contributed by atoms with Crippen LogP contribution in [0.3, 0.4) is 0 Å². The third-order valence-electron chi connectivity index (χ3n) is 5.61. The average Bonchev–Trinajstić information content (AvgIpc) is 2.99. The molecule has 0 saturated carbocycles. The van der Waals surface area contributed by atoms with Crippen molar-refractivity contribution in [1.82, 2.24) is 0 Å². The van der Waals surface area contributed by atoms with Gasteiger partial charge in [0.25, 0.3) is 0 Å². The van der Waals surface area contributed by atoms with E-state index in [9.17, 15) is 9.59 Å². The molecule has 0 radical (unpaired) electrons. The predicted molar refractivity (Wildman–Crippen MR) is 167 cm³/mol. The van der Waals surface area contributed by atoms with Gasteiger partial charge in [0.2, 0.25) is 0 Å². The quantitative estimate of drug-likeness (QED) is 0.0982. The van der Waals surface area contributed by atoms with Gasteiger partial charge >= 0.3 is 0 Å². The molecule has 3 aromatic carbocycles. The van der Waals surface area contributed by atoms with E-state index in [-0.39, 0.29) is 11.6 Å². The number of allylic oxidation sites excluding steroid dienone is 7. The van der Waals surface area contributed by atoms with E-state index in [0.717, 1.165) is 16.9 Å². The molecule has 0 amide bonds. The van der Waals surface area contributed by atoms with Crippen LogP contribution in [0.5, 0.6) is 17.2 Å². The van der Waals surface area contributed by atoms with Gasteiger partial charge < -0.3 is 14.2 Å². The van der Waals surface area contributed by atoms with Crippen molar-refractivity contribution in [2.75, 3.05) is 14.2 Å². The number of carbonyl (C=O) groups is 2. The van der Waals surface area contributed by atoms with Crippen LogP contribution < -0.4 is 9.47 Å². The number of Topliss-reactive ketones (excluding diaryl/α,β-unsaturated/α-hetero) is 1. The van der Waals surface area contributed by atoms with Crippen LogP contribution in [0.4, 0.5) is 0 Å². The van der Waals surface area contributed by atoms with Crippen molar-refractivity contribution in [3.8, 4) is 17.2 Å². The summed E-state index contributed by atoms with van der Waals surface area (Å²) in [6, 6.07) is 22.1. The first-order chi connectivity index (χ1) is 19.5. The zero-order valence-electron chi connectivity index (χ0n) is 24.1. The summed E-state index contributed by atoms with van der Waals surface area (Å²) in [5, 5.41) is 0. The first-order valence-corrected chi connectivity index (χ1v) is 12.7. The lowest BCUT2D eigenvalue weighted by Gasteiger charge is -2.07. The first kappa shape index (κ1) is 32.1. The monoisotopic (exact) mass is 548 g/mol. The van der Waals surface area contributed by atoms with Crippen molar-refractivity contribution in [3.63, 3.8) is 0 Å². The van der Waals surface area contributed by atoms with Gasteiger partial charge in [-0.3, -0.25) is 9.59 Å². The van der Waals surface area contributed by atoms with Gasteiger partial charge in [0.05, 0.1) is 14.2 Å². The van der Waals surface area contributed by atoms with Crippen LogP contribution in [-0.4, -0.2) is 25.8 Å². The Morgan fingerprint density at radius 2 is 1.07 bits per heavy atom. The Kier molecular flexibility index (Phi) is 12.6. The highest BCUT2D eigenvalue weighted by Crippen LogP contribution is 2.24. The number of ether oxygens (including phenoxy) is 3. The van der Waals surface area contributed by atoms with Gasteiger partial charge in [-0.05, 0) is 74.5 Å². The van der Waals surface area contributed by atoms with E-state index < -0.39 is 0 Å². The van der Waals surface area contributed by atoms with E-state index in [1.54, 1.807) is 55.7 Å². The summed E-state index contributed by atoms with van der Waals surface area (Å²) in [4.78, 5) is 24.2. The molecule has 41 heavy (non-hydrogen) atoms. The third kappa shape index (κ3) is 10.9. The van der Waals surface area contributed by atoms with Crippen LogP contribution in [0.15, 0.2) is 146 Å². The van der Waals surface area contributed by atoms with E-state index in [0.29, 0.717) is 39.5 Å². The number of hydrogen-bond donors (Lipinski definition) is 0. The van der Waals surface area contributed by atoms with Crippen molar-refractivity contribution in [2.24, 2.45) is 0 Å². The minimum atomic E-state index is -0.220. The zero-order chi connectivity index (χ0) is 30.4. The summed E-state index contributed by atoms with van der Waals surface area (Å²) in [6.45, 7) is 18.5. The van der Waals surface area contributed by atoms with Gasteiger partial charge in [0.1, 0.15) is 23.0 Å². The number of methoxy groups -OCH3 is 2. The Morgan fingerprint density at radius 3 is 1.54 bits per heavy atom. The van der Waals surface area contributed by atoms with Crippen LogP contribution >= 0.6 is 0 Å². The van der Waals surface area contributed by atoms with Crippen molar-refractivity contribution < 1.29 is 23.8 Å². The van der Waals surface area contributed by atoms with Crippen molar-refractivity contribution >= 4 is 11.6 Å². The highest BCUT2D eigenvalue weighted by atomic mass is 16.5. The minimum absolute atomic E-state index is 0.00555. The number of rotatable bonds is 12. The summed E-state index contributed by atoms with van der Waals surface area (Å²) < 4.78 is 15.7. The molecule has 0 aliphatic rings. The molecule has 0 heterocycles. The number of ketones is 2. The molecule has 3 rings (SSSR count). The summed E-state index contributed by atoms with van der Waals surface area (Å²) in [5.74, 6) is 2.42. The summed E-state index contributed by atoms with van der Waals surface area (Å²) in [6.07, 6.45) is 6.48. The van der Waals surface area contributed by atoms with E-state index in [1.807, 2.05) is 62.4 Å². The highest BCUT2D eigenvalue weighted by Gasteiger charge is 2.09. The minimum Gasteiger partial charge on any atom is -0.497 e. The van der Waals surface area contributed by atoms with E-state index in [1.165, 1.54) is 7.11 Å². The fourth-order valence-electron chi connectivity index (χ4n) is 3.19. The molecular weight excluding hydrogens is 512 g/mol. The molecule has 0 unspecified atom stereocenters. The van der Waals surface area contributed by atoms with Crippen LogP contribution in [0.2, 0.25) is 0 Å². The standard InChI is InChI=1S/C21H18O3.C15H18O2/c1-15-3-5-16(6-4-15)21(22)17-7-9-19(10-8-17)24-20-13-11-18(23-2)12-14-20;1-11(2)7-8-12(3)15(16)13(4)9-10-14(5)17-6/h3-14H,1-2H3;7-10H,1,3-5H2,2,6H3/b;8-7-,10-9-. The van der Waals surface area contributed by atoms with Crippen LogP contribution in [0.25, 0.3) is 0 Å². The lowest BCUT2D eigenvalue weighted by atomic mass is 10.0. The van der Waals surface area contributed by atoms with Gasteiger partial charge in [0.15, 0.2) is 11.6 Å². The maximum atomic E-state index is 12.4. The second-order valence-corrected chi connectivity index (χ2v) is 9.06. The molecule has 0 fully saturated rings. The van der Waals surface area contributed by atoms with Crippen molar-refractivity contribution in [1.29, 1.82) is 0 Å². The Morgan fingerprint density at radius 1 is 0.634 bits per heavy atom. The Balaban J connectivity index is 0.000000307. The summed E-state index contributed by atoms with van der Waals surface area (Å²) in [5.41, 5.74) is 4.01. The second-order valence-electron chi connectivity index (χ2n) is 9.06. The van der Waals surface area contributed by atoms with E-state index in [2.05, 4.69) is 26.3 Å². The lowest BCUT2D eigenvalue weighted by molar-refractivity contribution is -0.111. The number of aryl methyl sites for hydroxylation is 1. The maximum absolute atomic E-state index is 12.4. The predicted octanol–water partition coefficient (Wildman–Crippen LogP) is 8.54. The lowest BCUT2D eigenvalue weighted by Crippen LogP contribution is -2.00. The molecule has 5 nitrogen and oxygen atoms in total. The molecule has 3 aromatic rings. The topological polar surface area (TPSA) is 61.8 Å². The van der Waals surface area contributed by atoms with E-state index >= 15 is 0 Å². The summed E-state index contributed by atoms with van der Waals surface area (Å²) >= 11 is 0. The van der Waals surface area contributed by atoms with Crippen molar-refractivity contribution in [3.05, 3.63) is 163 Å².